The van der Waals surface area contributed by atoms with Crippen LogP contribution in [0, 0.1) is 0 Å². The zero-order valence-corrected chi connectivity index (χ0v) is 10.8. The van der Waals surface area contributed by atoms with Crippen molar-refractivity contribution in [3.05, 3.63) is 34.8 Å². The Morgan fingerprint density at radius 3 is 2.44 bits per heavy atom. The maximum atomic E-state index is 11.9. The van der Waals surface area contributed by atoms with Crippen LogP contribution in [0.2, 0.25) is 0 Å². The van der Waals surface area contributed by atoms with Gasteiger partial charge in [-0.2, -0.15) is 0 Å². The third-order valence-electron chi connectivity index (χ3n) is 2.29. The van der Waals surface area contributed by atoms with Crippen molar-refractivity contribution in [2.45, 2.75) is 0 Å². The summed E-state index contributed by atoms with van der Waals surface area (Å²) in [7, 11) is 3.07. The van der Waals surface area contributed by atoms with E-state index in [0.717, 1.165) is 0 Å². The molecule has 6 heteroatoms. The lowest BCUT2D eigenvalue weighted by Gasteiger charge is -2.13. The first-order chi connectivity index (χ1) is 8.76. The number of para-hydroxylation sites is 1. The quantitative estimate of drug-likeness (QED) is 0.921. The summed E-state index contributed by atoms with van der Waals surface area (Å²) in [6.07, 6.45) is 1.58. The third kappa shape index (κ3) is 2.43. The summed E-state index contributed by atoms with van der Waals surface area (Å²) < 4.78 is 10.4. The molecule has 0 fully saturated rings. The monoisotopic (exact) mass is 264 g/mol. The average Bonchev–Trinajstić information content (AvgIpc) is 2.93. The van der Waals surface area contributed by atoms with Crippen LogP contribution < -0.4 is 14.8 Å². The number of anilines is 1. The fraction of sp³-hybridized carbons (Fsp3) is 0.167. The second kappa shape index (κ2) is 5.50. The lowest BCUT2D eigenvalue weighted by atomic mass is 10.2. The normalized spacial score (nSPS) is 9.89. The van der Waals surface area contributed by atoms with Gasteiger partial charge >= 0.3 is 0 Å². The summed E-state index contributed by atoms with van der Waals surface area (Å²) in [6, 6.07) is 5.29. The predicted octanol–water partition coefficient (Wildman–Crippen LogP) is 2.41. The average molecular weight is 264 g/mol. The minimum Gasteiger partial charge on any atom is -0.494 e. The van der Waals surface area contributed by atoms with Crippen molar-refractivity contribution >= 4 is 22.9 Å². The van der Waals surface area contributed by atoms with Crippen molar-refractivity contribution < 1.29 is 14.3 Å². The number of aromatic nitrogens is 1. The molecule has 1 heterocycles. The van der Waals surface area contributed by atoms with Gasteiger partial charge in [0.1, 0.15) is 17.2 Å². The Labute approximate surface area is 108 Å². The molecule has 1 aromatic carbocycles. The maximum absolute atomic E-state index is 11.9. The minimum absolute atomic E-state index is 0.284. The first kappa shape index (κ1) is 12.4. The van der Waals surface area contributed by atoms with Crippen LogP contribution in [-0.4, -0.2) is 25.1 Å². The molecular weight excluding hydrogens is 252 g/mol. The van der Waals surface area contributed by atoms with Crippen molar-refractivity contribution in [3.63, 3.8) is 0 Å². The van der Waals surface area contributed by atoms with Gasteiger partial charge in [-0.1, -0.05) is 6.07 Å². The van der Waals surface area contributed by atoms with E-state index >= 15 is 0 Å². The van der Waals surface area contributed by atoms with E-state index in [2.05, 4.69) is 10.3 Å². The first-order valence-corrected chi connectivity index (χ1v) is 6.06. The van der Waals surface area contributed by atoms with Gasteiger partial charge in [0.05, 0.1) is 14.2 Å². The van der Waals surface area contributed by atoms with Crippen molar-refractivity contribution in [1.29, 1.82) is 0 Å². The first-order valence-electron chi connectivity index (χ1n) is 5.18. The van der Waals surface area contributed by atoms with Crippen molar-refractivity contribution in [2.24, 2.45) is 0 Å². The molecule has 94 valence electrons. The molecule has 0 aliphatic carbocycles. The number of nitrogens with zero attached hydrogens (tertiary/aromatic N) is 1. The van der Waals surface area contributed by atoms with Crippen molar-refractivity contribution in [1.82, 2.24) is 4.98 Å². The topological polar surface area (TPSA) is 60.5 Å². The van der Waals surface area contributed by atoms with Crippen LogP contribution in [-0.2, 0) is 0 Å². The number of benzene rings is 1. The summed E-state index contributed by atoms with van der Waals surface area (Å²) >= 11 is 1.27. The Morgan fingerprint density at radius 1 is 1.28 bits per heavy atom. The Kier molecular flexibility index (Phi) is 3.78. The van der Waals surface area contributed by atoms with Gasteiger partial charge in [-0.15, -0.1) is 11.3 Å². The molecule has 1 aromatic heterocycles. The van der Waals surface area contributed by atoms with Crippen LogP contribution in [0.1, 0.15) is 9.80 Å². The molecule has 0 atom stereocenters. The Hall–Kier alpha value is -2.08. The maximum Gasteiger partial charge on any atom is 0.284 e. The zero-order valence-electron chi connectivity index (χ0n) is 9.97. The molecule has 0 aliphatic heterocycles. The number of rotatable bonds is 4. The van der Waals surface area contributed by atoms with E-state index < -0.39 is 0 Å². The number of nitrogens with one attached hydrogen (secondary N) is 1. The van der Waals surface area contributed by atoms with Gasteiger partial charge in [-0.05, 0) is 12.1 Å². The molecule has 1 amide bonds. The summed E-state index contributed by atoms with van der Waals surface area (Å²) in [4.78, 5) is 15.9. The van der Waals surface area contributed by atoms with Gasteiger partial charge < -0.3 is 14.8 Å². The van der Waals surface area contributed by atoms with Gasteiger partial charge in [0, 0.05) is 11.6 Å². The Balaban J connectivity index is 2.30. The standard InChI is InChI=1S/C12H12N2O3S/c1-16-8-4-3-5-9(17-2)10(8)14-11(15)12-13-6-7-18-12/h3-7H,1-2H3,(H,14,15). The molecule has 2 rings (SSSR count). The second-order valence-corrected chi connectivity index (χ2v) is 4.22. The van der Waals surface area contributed by atoms with E-state index in [-0.39, 0.29) is 5.91 Å². The van der Waals surface area contributed by atoms with Gasteiger partial charge in [0.15, 0.2) is 5.01 Å². The molecule has 0 aliphatic rings. The number of hydrogen-bond acceptors (Lipinski definition) is 5. The summed E-state index contributed by atoms with van der Waals surface area (Å²) in [5.41, 5.74) is 0.503. The number of methoxy groups -OCH3 is 2. The smallest absolute Gasteiger partial charge is 0.284 e. The van der Waals surface area contributed by atoms with Crippen molar-refractivity contribution in [3.8, 4) is 11.5 Å². The molecule has 5 nitrogen and oxygen atoms in total. The molecule has 0 radical (unpaired) electrons. The van der Waals surface area contributed by atoms with Crippen LogP contribution in [0.3, 0.4) is 0 Å². The van der Waals surface area contributed by atoms with Gasteiger partial charge in [0.2, 0.25) is 0 Å². The third-order valence-corrected chi connectivity index (χ3v) is 3.06. The lowest BCUT2D eigenvalue weighted by molar-refractivity contribution is 0.102. The Bertz CT molecular complexity index is 518. The molecule has 0 saturated heterocycles. The van der Waals surface area contributed by atoms with Crippen LogP contribution in [0.15, 0.2) is 29.8 Å². The molecule has 2 aromatic rings. The van der Waals surface area contributed by atoms with E-state index in [1.165, 1.54) is 25.6 Å². The largest absolute Gasteiger partial charge is 0.494 e. The fourth-order valence-corrected chi connectivity index (χ4v) is 2.01. The molecule has 18 heavy (non-hydrogen) atoms. The summed E-state index contributed by atoms with van der Waals surface area (Å²) in [6.45, 7) is 0. The van der Waals surface area contributed by atoms with E-state index in [0.29, 0.717) is 22.2 Å². The number of carbonyl (C=O) groups excluding carboxylic acids is 1. The molecular formula is C12H12N2O3S. The summed E-state index contributed by atoms with van der Waals surface area (Å²) in [5, 5.41) is 4.88. The van der Waals surface area contributed by atoms with Crippen LogP contribution in [0.5, 0.6) is 11.5 Å². The van der Waals surface area contributed by atoms with Crippen molar-refractivity contribution in [2.75, 3.05) is 19.5 Å². The predicted molar refractivity (Wildman–Crippen MR) is 69.6 cm³/mol. The molecule has 0 bridgehead atoms. The van der Waals surface area contributed by atoms with Gasteiger partial charge in [-0.3, -0.25) is 4.79 Å². The van der Waals surface area contributed by atoms with E-state index in [1.54, 1.807) is 29.8 Å². The number of hydrogen-bond donors (Lipinski definition) is 1. The molecule has 0 saturated carbocycles. The Morgan fingerprint density at radius 2 is 1.94 bits per heavy atom. The van der Waals surface area contributed by atoms with Gasteiger partial charge in [0.25, 0.3) is 5.91 Å². The molecule has 0 spiro atoms. The van der Waals surface area contributed by atoms with E-state index in [4.69, 9.17) is 9.47 Å². The molecule has 1 N–H and O–H groups in total. The highest BCUT2D eigenvalue weighted by atomic mass is 32.1. The number of amides is 1. The highest BCUT2D eigenvalue weighted by molar-refractivity contribution is 7.11. The second-order valence-electron chi connectivity index (χ2n) is 3.33. The van der Waals surface area contributed by atoms with Gasteiger partial charge in [-0.25, -0.2) is 4.98 Å². The molecule has 0 unspecified atom stereocenters. The summed E-state index contributed by atoms with van der Waals surface area (Å²) in [5.74, 6) is 0.798. The SMILES string of the molecule is COc1cccc(OC)c1NC(=O)c1nccs1. The number of carbonyl (C=O) groups is 1. The zero-order chi connectivity index (χ0) is 13.0. The highest BCUT2D eigenvalue weighted by Crippen LogP contribution is 2.34. The van der Waals surface area contributed by atoms with E-state index in [1.807, 2.05) is 0 Å². The number of thiazole rings is 1. The minimum atomic E-state index is -0.284. The highest BCUT2D eigenvalue weighted by Gasteiger charge is 2.15. The fourth-order valence-electron chi connectivity index (χ4n) is 1.48. The van der Waals surface area contributed by atoms with E-state index in [9.17, 15) is 4.79 Å². The van der Waals surface area contributed by atoms with Crippen LogP contribution >= 0.6 is 11.3 Å². The van der Waals surface area contributed by atoms with Crippen LogP contribution in [0.4, 0.5) is 5.69 Å². The van der Waals surface area contributed by atoms with Crippen LogP contribution in [0.25, 0.3) is 0 Å². The number of ether oxygens (including phenoxy) is 2. The lowest BCUT2D eigenvalue weighted by Crippen LogP contribution is -2.13.